The monoisotopic (exact) mass is 319 g/mol. The van der Waals surface area contributed by atoms with Gasteiger partial charge < -0.3 is 14.3 Å². The highest BCUT2D eigenvalue weighted by atomic mass is 16.6. The summed E-state index contributed by atoms with van der Waals surface area (Å²) in [5.74, 6) is -0.749. The van der Waals surface area contributed by atoms with E-state index >= 15 is 0 Å². The molecule has 1 aromatic carbocycles. The average Bonchev–Trinajstić information content (AvgIpc) is 3.01. The number of rotatable bonds is 7. The molecule has 0 radical (unpaired) electrons. The fourth-order valence-electron chi connectivity index (χ4n) is 2.44. The Morgan fingerprint density at radius 1 is 1.35 bits per heavy atom. The van der Waals surface area contributed by atoms with Crippen molar-refractivity contribution >= 4 is 17.5 Å². The molecule has 0 saturated carbocycles. The molecule has 124 valence electrons. The number of carbonyl (C=O) groups excluding carboxylic acids is 2. The summed E-state index contributed by atoms with van der Waals surface area (Å²) in [7, 11) is 1.61. The van der Waals surface area contributed by atoms with Crippen molar-refractivity contribution in [2.75, 3.05) is 13.7 Å². The molecule has 1 heterocycles. The van der Waals surface area contributed by atoms with Crippen molar-refractivity contribution in [1.29, 1.82) is 0 Å². The van der Waals surface area contributed by atoms with Gasteiger partial charge in [0.2, 0.25) is 0 Å². The fourth-order valence-corrected chi connectivity index (χ4v) is 2.44. The molecule has 0 spiro atoms. The first-order valence-electron chi connectivity index (χ1n) is 7.59. The van der Waals surface area contributed by atoms with Crippen LogP contribution in [0.3, 0.4) is 0 Å². The summed E-state index contributed by atoms with van der Waals surface area (Å²) < 4.78 is 10.1. The Morgan fingerprint density at radius 3 is 2.61 bits per heavy atom. The van der Waals surface area contributed by atoms with Crippen LogP contribution >= 0.6 is 0 Å². The van der Waals surface area contributed by atoms with E-state index in [0.717, 1.165) is 17.0 Å². The largest absolute Gasteiger partial charge is 0.497 e. The topological polar surface area (TPSA) is 74.2 Å². The van der Waals surface area contributed by atoms with Crippen LogP contribution in [0.5, 0.6) is 5.75 Å². The van der Waals surface area contributed by atoms with E-state index in [1.54, 1.807) is 14.0 Å². The normalized spacial score (nSPS) is 17.9. The lowest BCUT2D eigenvalue weighted by Crippen LogP contribution is -2.28. The molecule has 0 saturated heterocycles. The molecule has 2 rings (SSSR count). The maximum absolute atomic E-state index is 11.8. The van der Waals surface area contributed by atoms with E-state index in [2.05, 4.69) is 5.16 Å². The van der Waals surface area contributed by atoms with E-state index in [9.17, 15) is 9.59 Å². The molecule has 23 heavy (non-hydrogen) atoms. The minimum absolute atomic E-state index is 0.218. The summed E-state index contributed by atoms with van der Waals surface area (Å²) in [4.78, 5) is 28.9. The van der Waals surface area contributed by atoms with Crippen LogP contribution in [0.2, 0.25) is 0 Å². The molecule has 0 amide bonds. The van der Waals surface area contributed by atoms with E-state index < -0.39 is 11.9 Å². The average molecular weight is 319 g/mol. The zero-order valence-electron chi connectivity index (χ0n) is 13.6. The quantitative estimate of drug-likeness (QED) is 0.570. The van der Waals surface area contributed by atoms with E-state index in [1.165, 1.54) is 6.92 Å². The van der Waals surface area contributed by atoms with Crippen molar-refractivity contribution < 1.29 is 23.9 Å². The molecule has 1 aromatic rings. The van der Waals surface area contributed by atoms with Crippen molar-refractivity contribution in [2.24, 2.45) is 11.1 Å². The van der Waals surface area contributed by atoms with Gasteiger partial charge in [-0.1, -0.05) is 5.16 Å². The van der Waals surface area contributed by atoms with Crippen molar-refractivity contribution in [3.63, 3.8) is 0 Å². The van der Waals surface area contributed by atoms with Gasteiger partial charge in [0.05, 0.1) is 19.4 Å². The molecular weight excluding hydrogens is 298 g/mol. The lowest BCUT2D eigenvalue weighted by atomic mass is 9.94. The van der Waals surface area contributed by atoms with Crippen LogP contribution in [0.15, 0.2) is 29.4 Å². The van der Waals surface area contributed by atoms with Crippen molar-refractivity contribution in [3.05, 3.63) is 29.8 Å². The Bertz CT molecular complexity index is 594. The molecule has 0 unspecified atom stereocenters. The van der Waals surface area contributed by atoms with Crippen molar-refractivity contribution in [3.8, 4) is 5.75 Å². The summed E-state index contributed by atoms with van der Waals surface area (Å²) in [6.07, 6.45) is 0.526. The van der Waals surface area contributed by atoms with E-state index in [4.69, 9.17) is 14.3 Å². The third-order valence-electron chi connectivity index (χ3n) is 3.72. The Labute approximate surface area is 135 Å². The molecule has 0 fully saturated rings. The third-order valence-corrected chi connectivity index (χ3v) is 3.72. The second-order valence-electron chi connectivity index (χ2n) is 5.35. The van der Waals surface area contributed by atoms with Crippen LogP contribution in [0.1, 0.15) is 32.3 Å². The molecule has 0 bridgehead atoms. The van der Waals surface area contributed by atoms with Crippen LogP contribution in [-0.2, 0) is 19.2 Å². The zero-order valence-corrected chi connectivity index (χ0v) is 13.6. The van der Waals surface area contributed by atoms with Gasteiger partial charge in [0.1, 0.15) is 23.6 Å². The van der Waals surface area contributed by atoms with E-state index in [-0.39, 0.29) is 24.9 Å². The minimum atomic E-state index is -0.801. The zero-order chi connectivity index (χ0) is 16.8. The molecule has 0 aliphatic carbocycles. The first-order chi connectivity index (χ1) is 11.0. The van der Waals surface area contributed by atoms with Crippen LogP contribution in [0, 0.1) is 5.92 Å². The van der Waals surface area contributed by atoms with E-state index in [1.807, 2.05) is 24.3 Å². The van der Waals surface area contributed by atoms with Gasteiger partial charge in [-0.15, -0.1) is 0 Å². The third kappa shape index (κ3) is 4.31. The molecular formula is C17H21NO5. The number of benzene rings is 1. The van der Waals surface area contributed by atoms with Gasteiger partial charge in [-0.05, 0) is 43.7 Å². The predicted molar refractivity (Wildman–Crippen MR) is 84.4 cm³/mol. The number of nitrogens with zero attached hydrogens (tertiary/aromatic N) is 1. The predicted octanol–water partition coefficient (Wildman–Crippen LogP) is 2.35. The van der Waals surface area contributed by atoms with Crippen LogP contribution in [-0.4, -0.2) is 37.3 Å². The van der Waals surface area contributed by atoms with Gasteiger partial charge in [0.15, 0.2) is 0 Å². The summed E-state index contributed by atoms with van der Waals surface area (Å²) >= 11 is 0. The van der Waals surface area contributed by atoms with Crippen LogP contribution in [0.4, 0.5) is 0 Å². The maximum Gasteiger partial charge on any atom is 0.316 e. The maximum atomic E-state index is 11.8. The fraction of sp³-hybridized carbons (Fsp3) is 0.471. The molecule has 2 atom stereocenters. The van der Waals surface area contributed by atoms with Gasteiger partial charge >= 0.3 is 5.97 Å². The summed E-state index contributed by atoms with van der Waals surface area (Å²) in [6, 6.07) is 7.50. The highest BCUT2D eigenvalue weighted by Crippen LogP contribution is 2.24. The molecule has 6 nitrogen and oxygen atoms in total. The first-order valence-corrected chi connectivity index (χ1v) is 7.59. The molecule has 1 aliphatic heterocycles. The van der Waals surface area contributed by atoms with Gasteiger partial charge in [-0.25, -0.2) is 0 Å². The highest BCUT2D eigenvalue weighted by Gasteiger charge is 2.32. The van der Waals surface area contributed by atoms with Crippen molar-refractivity contribution in [1.82, 2.24) is 0 Å². The number of ether oxygens (including phenoxy) is 2. The SMILES string of the molecule is CCOC(=O)[C@H](C[C@H]1CC(c2ccc(OC)cc2)=NO1)C(C)=O. The lowest BCUT2D eigenvalue weighted by Gasteiger charge is -2.15. The summed E-state index contributed by atoms with van der Waals surface area (Å²) in [5.41, 5.74) is 1.73. The van der Waals surface area contributed by atoms with Crippen LogP contribution in [0.25, 0.3) is 0 Å². The minimum Gasteiger partial charge on any atom is -0.497 e. The van der Waals surface area contributed by atoms with E-state index in [0.29, 0.717) is 6.42 Å². The summed E-state index contributed by atoms with van der Waals surface area (Å²) in [6.45, 7) is 3.36. The number of Topliss-reactive ketones (excluding diaryl/α,β-unsaturated/α-hetero) is 1. The molecule has 1 aliphatic rings. The van der Waals surface area contributed by atoms with Gasteiger partial charge in [0.25, 0.3) is 0 Å². The lowest BCUT2D eigenvalue weighted by molar-refractivity contribution is -0.152. The number of hydrogen-bond donors (Lipinski definition) is 0. The highest BCUT2D eigenvalue weighted by molar-refractivity contribution is 6.01. The number of esters is 1. The Hall–Kier alpha value is -2.37. The number of hydrogen-bond acceptors (Lipinski definition) is 6. The van der Waals surface area contributed by atoms with Gasteiger partial charge in [0, 0.05) is 12.8 Å². The second-order valence-corrected chi connectivity index (χ2v) is 5.35. The standard InChI is InChI=1S/C17H21NO5/c1-4-22-17(20)15(11(2)19)9-14-10-16(18-23-14)12-5-7-13(21-3)8-6-12/h5-8,14-15H,4,9-10H2,1-3H3/t14-,15+/m0/s1. The number of oxime groups is 1. The van der Waals surface area contributed by atoms with Crippen molar-refractivity contribution in [2.45, 2.75) is 32.8 Å². The van der Waals surface area contributed by atoms with Gasteiger partial charge in [-0.3, -0.25) is 9.59 Å². The Kier molecular flexibility index (Phi) is 5.73. The number of carbonyl (C=O) groups is 2. The number of methoxy groups -OCH3 is 1. The molecule has 6 heteroatoms. The number of ketones is 1. The molecule has 0 aromatic heterocycles. The van der Waals surface area contributed by atoms with Gasteiger partial charge in [-0.2, -0.15) is 0 Å². The first kappa shape index (κ1) is 17.0. The second kappa shape index (κ2) is 7.76. The Morgan fingerprint density at radius 2 is 2.04 bits per heavy atom. The van der Waals surface area contributed by atoms with Crippen LogP contribution < -0.4 is 4.74 Å². The summed E-state index contributed by atoms with van der Waals surface area (Å²) in [5, 5.41) is 4.07. The Balaban J connectivity index is 1.97. The molecule has 0 N–H and O–H groups in total. The smallest absolute Gasteiger partial charge is 0.316 e.